The predicted octanol–water partition coefficient (Wildman–Crippen LogP) is 3.22. The van der Waals surface area contributed by atoms with Crippen molar-refractivity contribution in [3.05, 3.63) is 23.9 Å². The van der Waals surface area contributed by atoms with Crippen molar-refractivity contribution in [2.75, 3.05) is 50.0 Å². The Labute approximate surface area is 180 Å². The molecule has 0 saturated carbocycles. The molecule has 0 amide bonds. The molecule has 2 saturated heterocycles. The first kappa shape index (κ1) is 22.2. The lowest BCUT2D eigenvalue weighted by molar-refractivity contribution is 0.0793. The first-order chi connectivity index (χ1) is 14.1. The first-order valence-electron chi connectivity index (χ1n) is 11.1. The lowest BCUT2D eigenvalue weighted by Crippen LogP contribution is -2.49. The molecule has 0 radical (unpaired) electrons. The van der Waals surface area contributed by atoms with Crippen molar-refractivity contribution in [3.63, 3.8) is 0 Å². The van der Waals surface area contributed by atoms with E-state index in [1.807, 2.05) is 11.8 Å². The molecule has 2 N–H and O–H groups in total. The zero-order chi connectivity index (χ0) is 20.5. The molecular weight excluding hydrogens is 382 g/mol. The number of pyridine rings is 1. The van der Waals surface area contributed by atoms with E-state index in [0.29, 0.717) is 6.04 Å². The van der Waals surface area contributed by atoms with Crippen LogP contribution < -0.4 is 15.5 Å². The number of nitrogens with one attached hydrogen (secondary N) is 2. The number of ether oxygens (including phenoxy) is 1. The number of piperidine rings is 1. The second-order valence-electron chi connectivity index (χ2n) is 7.97. The van der Waals surface area contributed by atoms with Crippen LogP contribution in [-0.2, 0) is 4.74 Å². The number of hydrogen-bond acceptors (Lipinski definition) is 5. The molecule has 2 aliphatic heterocycles. The quantitative estimate of drug-likeness (QED) is 0.523. The molecule has 3 rings (SSSR count). The predicted molar refractivity (Wildman–Crippen MR) is 124 cm³/mol. The van der Waals surface area contributed by atoms with E-state index in [4.69, 9.17) is 9.73 Å². The van der Waals surface area contributed by atoms with Crippen molar-refractivity contribution in [2.24, 2.45) is 4.99 Å². The highest BCUT2D eigenvalue weighted by Gasteiger charge is 2.32. The van der Waals surface area contributed by atoms with Gasteiger partial charge in [-0.3, -0.25) is 4.99 Å². The van der Waals surface area contributed by atoms with E-state index in [9.17, 15) is 0 Å². The largest absolute Gasteiger partial charge is 0.381 e. The van der Waals surface area contributed by atoms with Crippen molar-refractivity contribution in [1.82, 2.24) is 15.6 Å². The van der Waals surface area contributed by atoms with Gasteiger partial charge in [-0.2, -0.15) is 11.8 Å². The van der Waals surface area contributed by atoms with Crippen molar-refractivity contribution >= 4 is 23.5 Å². The number of aromatic nitrogens is 1. The molecule has 2 fully saturated rings. The van der Waals surface area contributed by atoms with Gasteiger partial charge in [0.15, 0.2) is 5.96 Å². The van der Waals surface area contributed by atoms with Crippen molar-refractivity contribution in [2.45, 2.75) is 57.2 Å². The second kappa shape index (κ2) is 11.1. The Morgan fingerprint density at radius 2 is 2.03 bits per heavy atom. The molecule has 0 atom stereocenters. The minimum absolute atomic E-state index is 0.232. The maximum atomic E-state index is 5.60. The molecule has 162 valence electrons. The highest BCUT2D eigenvalue weighted by molar-refractivity contribution is 8.00. The van der Waals surface area contributed by atoms with E-state index in [1.54, 1.807) is 0 Å². The third-order valence-corrected chi connectivity index (χ3v) is 7.20. The zero-order valence-corrected chi connectivity index (χ0v) is 19.1. The van der Waals surface area contributed by atoms with Crippen molar-refractivity contribution in [3.8, 4) is 0 Å². The average Bonchev–Trinajstić information content (AvgIpc) is 2.74. The lowest BCUT2D eigenvalue weighted by atomic mass is 9.99. The fourth-order valence-corrected chi connectivity index (χ4v) is 5.32. The smallest absolute Gasteiger partial charge is 0.191 e. The summed E-state index contributed by atoms with van der Waals surface area (Å²) in [5.74, 6) is 3.19. The van der Waals surface area contributed by atoms with Crippen LogP contribution in [-0.4, -0.2) is 66.9 Å². The Morgan fingerprint density at radius 3 is 2.69 bits per heavy atom. The third kappa shape index (κ3) is 6.51. The molecule has 0 spiro atoms. The van der Waals surface area contributed by atoms with E-state index < -0.39 is 0 Å². The number of rotatable bonds is 7. The van der Waals surface area contributed by atoms with E-state index in [-0.39, 0.29) is 4.75 Å². The molecule has 1 aromatic heterocycles. The molecular formula is C22H37N5OS. The van der Waals surface area contributed by atoms with Crippen LogP contribution in [0.4, 0.5) is 5.82 Å². The van der Waals surface area contributed by atoms with Gasteiger partial charge in [-0.25, -0.2) is 4.98 Å². The number of hydrogen-bond donors (Lipinski definition) is 2. The summed E-state index contributed by atoms with van der Waals surface area (Å²) < 4.78 is 5.83. The number of aliphatic imine (C=N–C) groups is 1. The van der Waals surface area contributed by atoms with E-state index in [0.717, 1.165) is 88.3 Å². The molecule has 6 nitrogen and oxygen atoms in total. The molecule has 2 aliphatic rings. The van der Waals surface area contributed by atoms with Crippen molar-refractivity contribution in [1.29, 1.82) is 0 Å². The molecule has 3 heterocycles. The normalized spacial score (nSPS) is 20.5. The van der Waals surface area contributed by atoms with Crippen LogP contribution in [0.25, 0.3) is 0 Å². The zero-order valence-electron chi connectivity index (χ0n) is 18.2. The first-order valence-corrected chi connectivity index (χ1v) is 12.1. The minimum atomic E-state index is 0.232. The summed E-state index contributed by atoms with van der Waals surface area (Å²) in [7, 11) is 0. The number of aryl methyl sites for hydroxylation is 1. The van der Waals surface area contributed by atoms with Crippen LogP contribution in [0.1, 0.15) is 45.2 Å². The van der Waals surface area contributed by atoms with Crippen LogP contribution in [0.15, 0.2) is 23.2 Å². The summed E-state index contributed by atoms with van der Waals surface area (Å²) in [6.07, 6.45) is 4.39. The van der Waals surface area contributed by atoms with E-state index in [2.05, 4.69) is 59.5 Å². The number of anilines is 1. The van der Waals surface area contributed by atoms with Gasteiger partial charge in [-0.1, -0.05) is 13.0 Å². The summed E-state index contributed by atoms with van der Waals surface area (Å²) in [6.45, 7) is 11.9. The van der Waals surface area contributed by atoms with Gasteiger partial charge >= 0.3 is 0 Å². The Morgan fingerprint density at radius 1 is 1.28 bits per heavy atom. The van der Waals surface area contributed by atoms with E-state index >= 15 is 0 Å². The van der Waals surface area contributed by atoms with Gasteiger partial charge in [0.2, 0.25) is 0 Å². The van der Waals surface area contributed by atoms with Gasteiger partial charge in [-0.15, -0.1) is 0 Å². The topological polar surface area (TPSA) is 61.8 Å². The van der Waals surface area contributed by atoms with Crippen LogP contribution in [0, 0.1) is 6.92 Å². The summed E-state index contributed by atoms with van der Waals surface area (Å²) in [5, 5.41) is 7.14. The fourth-order valence-electron chi connectivity index (χ4n) is 4.09. The lowest BCUT2D eigenvalue weighted by Gasteiger charge is -2.36. The second-order valence-corrected chi connectivity index (χ2v) is 9.70. The summed E-state index contributed by atoms with van der Waals surface area (Å²) >= 11 is 2.05. The molecule has 0 bridgehead atoms. The highest BCUT2D eigenvalue weighted by atomic mass is 32.2. The molecule has 7 heteroatoms. The molecule has 29 heavy (non-hydrogen) atoms. The molecule has 1 aromatic rings. The molecule has 0 aromatic carbocycles. The average molecular weight is 420 g/mol. The van der Waals surface area contributed by atoms with Gasteiger partial charge < -0.3 is 20.3 Å². The molecule has 0 unspecified atom stereocenters. The van der Waals surface area contributed by atoms with Gasteiger partial charge in [0, 0.05) is 49.3 Å². The number of guanidine groups is 1. The summed E-state index contributed by atoms with van der Waals surface area (Å²) in [5.41, 5.74) is 1.08. The Hall–Kier alpha value is -1.47. The Balaban J connectivity index is 1.55. The van der Waals surface area contributed by atoms with Gasteiger partial charge in [-0.05, 0) is 57.4 Å². The minimum Gasteiger partial charge on any atom is -0.381 e. The van der Waals surface area contributed by atoms with Crippen LogP contribution in [0.3, 0.4) is 0 Å². The standard InChI is InChI=1S/C22H37N5OS/c1-4-23-21(24-17-22(29-5-2)11-15-28-16-12-22)26-19-9-13-27(14-10-19)20-8-6-7-18(3)25-20/h6-8,19H,4-5,9-17H2,1-3H3,(H2,23,24,26). The van der Waals surface area contributed by atoms with Crippen LogP contribution in [0.5, 0.6) is 0 Å². The SMILES string of the molecule is CCNC(=NCC1(SCC)CCOCC1)NC1CCN(c2cccc(C)n2)CC1. The van der Waals surface area contributed by atoms with Crippen LogP contribution >= 0.6 is 11.8 Å². The third-order valence-electron chi connectivity index (χ3n) is 5.76. The maximum absolute atomic E-state index is 5.60. The Bertz CT molecular complexity index is 649. The van der Waals surface area contributed by atoms with Gasteiger partial charge in [0.25, 0.3) is 0 Å². The highest BCUT2D eigenvalue weighted by Crippen LogP contribution is 2.35. The monoisotopic (exact) mass is 419 g/mol. The summed E-state index contributed by atoms with van der Waals surface area (Å²) in [4.78, 5) is 12.1. The number of thioether (sulfide) groups is 1. The van der Waals surface area contributed by atoms with E-state index in [1.165, 1.54) is 0 Å². The van der Waals surface area contributed by atoms with Crippen LogP contribution in [0.2, 0.25) is 0 Å². The molecule has 0 aliphatic carbocycles. The maximum Gasteiger partial charge on any atom is 0.191 e. The van der Waals surface area contributed by atoms with Crippen molar-refractivity contribution < 1.29 is 4.74 Å². The summed E-state index contributed by atoms with van der Waals surface area (Å²) in [6, 6.07) is 6.72. The van der Waals surface area contributed by atoms with Gasteiger partial charge in [0.05, 0.1) is 6.54 Å². The van der Waals surface area contributed by atoms with Gasteiger partial charge in [0.1, 0.15) is 5.82 Å². The fraction of sp³-hybridized carbons (Fsp3) is 0.727. The Kier molecular flexibility index (Phi) is 8.48. The number of nitrogens with zero attached hydrogens (tertiary/aromatic N) is 3.